The van der Waals surface area contributed by atoms with E-state index in [2.05, 4.69) is 146 Å². The van der Waals surface area contributed by atoms with Gasteiger partial charge in [0, 0.05) is 0 Å². The van der Waals surface area contributed by atoms with Crippen LogP contribution in [0.3, 0.4) is 0 Å². The Bertz CT molecular complexity index is 1260. The van der Waals surface area contributed by atoms with Crippen LogP contribution in [0.1, 0.15) is 22.3 Å². The molecule has 2 unspecified atom stereocenters. The Labute approximate surface area is 197 Å². The fraction of sp³-hybridized carbons (Fsp3) is 0.161. The van der Waals surface area contributed by atoms with Crippen LogP contribution in [0.2, 0.25) is 13.1 Å². The summed E-state index contributed by atoms with van der Waals surface area (Å²) >= 11 is 0. The van der Waals surface area contributed by atoms with Crippen molar-refractivity contribution in [2.75, 3.05) is 0 Å². The van der Waals surface area contributed by atoms with Crippen LogP contribution in [0, 0.1) is 0 Å². The predicted octanol–water partition coefficient (Wildman–Crippen LogP) is 7.15. The molecule has 0 saturated carbocycles. The first-order valence-corrected chi connectivity index (χ1v) is 14.8. The summed E-state index contributed by atoms with van der Waals surface area (Å²) in [6.45, 7) is 4.89. The van der Waals surface area contributed by atoms with Crippen molar-refractivity contribution >= 4 is 8.07 Å². The SMILES string of the molecule is C[Si]1(C)C=CC2(c3ccccc3)C(c3ccccc3)(c3ccccc3)OC21c1ccccc1. The van der Waals surface area contributed by atoms with E-state index in [1.54, 1.807) is 0 Å². The summed E-state index contributed by atoms with van der Waals surface area (Å²) in [5.41, 5.74) is 6.51. The molecule has 2 atom stereocenters. The number of benzene rings is 4. The summed E-state index contributed by atoms with van der Waals surface area (Å²) in [5.74, 6) is 0. The molecule has 0 amide bonds. The molecule has 0 N–H and O–H groups in total. The third kappa shape index (κ3) is 2.40. The zero-order valence-electron chi connectivity index (χ0n) is 19.1. The Hall–Kier alpha value is -3.20. The van der Waals surface area contributed by atoms with Crippen molar-refractivity contribution in [1.82, 2.24) is 0 Å². The zero-order chi connectivity index (χ0) is 22.6. The van der Waals surface area contributed by atoms with Gasteiger partial charge in [-0.15, -0.1) is 0 Å². The minimum atomic E-state index is -2.02. The Balaban J connectivity index is 1.76. The minimum absolute atomic E-state index is 0.360. The number of rotatable bonds is 4. The molecule has 2 aliphatic heterocycles. The molecule has 0 spiro atoms. The second-order valence-corrected chi connectivity index (χ2v) is 14.3. The molecule has 4 aromatic rings. The highest BCUT2D eigenvalue weighted by atomic mass is 28.3. The van der Waals surface area contributed by atoms with Gasteiger partial charge >= 0.3 is 0 Å². The highest BCUT2D eigenvalue weighted by molar-refractivity contribution is 6.86. The van der Waals surface area contributed by atoms with Crippen LogP contribution >= 0.6 is 0 Å². The maximum atomic E-state index is 7.57. The summed E-state index contributed by atoms with van der Waals surface area (Å²) in [6, 6.07) is 43.6. The molecule has 1 nitrogen and oxygen atoms in total. The molecule has 1 fully saturated rings. The van der Waals surface area contributed by atoms with E-state index in [-0.39, 0.29) is 5.41 Å². The van der Waals surface area contributed by atoms with Crippen molar-refractivity contribution in [2.24, 2.45) is 0 Å². The number of hydrogen-bond donors (Lipinski definition) is 0. The largest absolute Gasteiger partial charge is 0.355 e. The summed E-state index contributed by atoms with van der Waals surface area (Å²) in [5, 5.41) is -0.408. The van der Waals surface area contributed by atoms with Gasteiger partial charge in [-0.3, -0.25) is 0 Å². The molecule has 2 heterocycles. The standard InChI is InChI=1S/C31H28OSi/c1-33(2)24-23-29(25-15-7-3-8-16-25)30(26-17-9-4-10-18-26,27-19-11-5-12-20-27)32-31(29,33)28-21-13-6-14-22-28/h3-24H,1-2H3. The Morgan fingerprint density at radius 1 is 0.515 bits per heavy atom. The van der Waals surface area contributed by atoms with E-state index in [0.717, 1.165) is 0 Å². The monoisotopic (exact) mass is 444 g/mol. The molecule has 162 valence electrons. The first kappa shape index (κ1) is 20.4. The van der Waals surface area contributed by atoms with Gasteiger partial charge in [-0.05, 0) is 22.3 Å². The van der Waals surface area contributed by atoms with E-state index in [1.807, 2.05) is 0 Å². The Kier molecular flexibility index (Phi) is 4.42. The summed E-state index contributed by atoms with van der Waals surface area (Å²) in [6.07, 6.45) is 2.51. The van der Waals surface area contributed by atoms with Crippen molar-refractivity contribution in [3.63, 3.8) is 0 Å². The van der Waals surface area contributed by atoms with Crippen molar-refractivity contribution in [3.8, 4) is 0 Å². The molecule has 33 heavy (non-hydrogen) atoms. The van der Waals surface area contributed by atoms with Crippen molar-refractivity contribution in [1.29, 1.82) is 0 Å². The second-order valence-electron chi connectivity index (χ2n) is 9.79. The summed E-state index contributed by atoms with van der Waals surface area (Å²) in [7, 11) is -2.02. The molecule has 0 bridgehead atoms. The maximum Gasteiger partial charge on any atom is 0.135 e. The lowest BCUT2D eigenvalue weighted by molar-refractivity contribution is -0.284. The van der Waals surface area contributed by atoms with Gasteiger partial charge in [0.15, 0.2) is 0 Å². The van der Waals surface area contributed by atoms with E-state index < -0.39 is 18.9 Å². The van der Waals surface area contributed by atoms with E-state index in [1.165, 1.54) is 22.3 Å². The van der Waals surface area contributed by atoms with E-state index >= 15 is 0 Å². The average Bonchev–Trinajstić information content (AvgIpc) is 3.05. The lowest BCUT2D eigenvalue weighted by Gasteiger charge is -2.71. The van der Waals surface area contributed by atoms with E-state index in [0.29, 0.717) is 0 Å². The van der Waals surface area contributed by atoms with Gasteiger partial charge in [-0.1, -0.05) is 146 Å². The molecular weight excluding hydrogens is 416 g/mol. The highest BCUT2D eigenvalue weighted by Crippen LogP contribution is 2.75. The van der Waals surface area contributed by atoms with Crippen LogP contribution in [0.15, 0.2) is 133 Å². The zero-order valence-corrected chi connectivity index (χ0v) is 20.1. The fourth-order valence-electron chi connectivity index (χ4n) is 6.54. The molecule has 0 aliphatic carbocycles. The quantitative estimate of drug-likeness (QED) is 0.304. The molecule has 2 heteroatoms. The molecule has 0 radical (unpaired) electrons. The van der Waals surface area contributed by atoms with E-state index in [4.69, 9.17) is 4.74 Å². The van der Waals surface area contributed by atoms with Crippen LogP contribution < -0.4 is 0 Å². The van der Waals surface area contributed by atoms with Crippen LogP contribution in [0.4, 0.5) is 0 Å². The van der Waals surface area contributed by atoms with Crippen LogP contribution in [0.25, 0.3) is 0 Å². The number of hydrogen-bond acceptors (Lipinski definition) is 1. The smallest absolute Gasteiger partial charge is 0.135 e. The van der Waals surface area contributed by atoms with Crippen molar-refractivity contribution in [3.05, 3.63) is 155 Å². The predicted molar refractivity (Wildman–Crippen MR) is 138 cm³/mol. The van der Waals surface area contributed by atoms with Gasteiger partial charge < -0.3 is 4.74 Å². The third-order valence-electron chi connectivity index (χ3n) is 7.84. The Morgan fingerprint density at radius 3 is 1.36 bits per heavy atom. The first-order chi connectivity index (χ1) is 16.1. The van der Waals surface area contributed by atoms with Gasteiger partial charge in [-0.2, -0.15) is 0 Å². The van der Waals surface area contributed by atoms with Gasteiger partial charge in [0.2, 0.25) is 0 Å². The minimum Gasteiger partial charge on any atom is -0.355 e. The molecular formula is C31H28OSi. The molecule has 0 aromatic heterocycles. The summed E-state index contributed by atoms with van der Waals surface area (Å²) < 4.78 is 7.57. The third-order valence-corrected chi connectivity index (χ3v) is 11.4. The Morgan fingerprint density at radius 2 is 0.909 bits per heavy atom. The van der Waals surface area contributed by atoms with Crippen LogP contribution in [0.5, 0.6) is 0 Å². The first-order valence-electron chi connectivity index (χ1n) is 11.7. The highest BCUT2D eigenvalue weighted by Gasteiger charge is 2.82. The second kappa shape index (κ2) is 7.15. The maximum absolute atomic E-state index is 7.57. The average molecular weight is 445 g/mol. The number of ether oxygens (including phenoxy) is 1. The van der Waals surface area contributed by atoms with E-state index in [9.17, 15) is 0 Å². The summed E-state index contributed by atoms with van der Waals surface area (Å²) in [4.78, 5) is 0. The van der Waals surface area contributed by atoms with Gasteiger partial charge in [0.1, 0.15) is 18.9 Å². The van der Waals surface area contributed by atoms with Gasteiger partial charge in [0.05, 0.1) is 5.41 Å². The number of fused-ring (bicyclic) bond motifs is 1. The van der Waals surface area contributed by atoms with Crippen molar-refractivity contribution in [2.45, 2.75) is 29.3 Å². The molecule has 1 saturated heterocycles. The topological polar surface area (TPSA) is 9.23 Å². The fourth-order valence-corrected chi connectivity index (χ4v) is 10.2. The van der Waals surface area contributed by atoms with Crippen LogP contribution in [-0.4, -0.2) is 8.07 Å². The van der Waals surface area contributed by atoms with Crippen molar-refractivity contribution < 1.29 is 4.74 Å². The molecule has 6 rings (SSSR count). The molecule has 2 aliphatic rings. The van der Waals surface area contributed by atoms with Crippen LogP contribution in [-0.2, 0) is 21.0 Å². The van der Waals surface area contributed by atoms with Gasteiger partial charge in [-0.25, -0.2) is 0 Å². The molecule has 4 aromatic carbocycles. The lowest BCUT2D eigenvalue weighted by Crippen LogP contribution is -2.79. The lowest BCUT2D eigenvalue weighted by atomic mass is 9.52. The normalized spacial score (nSPS) is 26.4. The van der Waals surface area contributed by atoms with Gasteiger partial charge in [0.25, 0.3) is 0 Å².